The Morgan fingerprint density at radius 3 is 2.38 bits per heavy atom. The third-order valence-corrected chi connectivity index (χ3v) is 7.00. The molecule has 4 rings (SSSR count). The first-order chi connectivity index (χ1) is 15.3. The Balaban J connectivity index is 1.28. The third kappa shape index (κ3) is 4.99. The fraction of sp³-hybridized carbons (Fsp3) is 0.348. The molecule has 0 aliphatic carbocycles. The van der Waals surface area contributed by atoms with Gasteiger partial charge in [-0.05, 0) is 43.0 Å². The Bertz CT molecular complexity index is 1180. The predicted octanol–water partition coefficient (Wildman–Crippen LogP) is 2.85. The van der Waals surface area contributed by atoms with Crippen LogP contribution in [0.5, 0.6) is 0 Å². The Morgan fingerprint density at radius 1 is 1.09 bits per heavy atom. The summed E-state index contributed by atoms with van der Waals surface area (Å²) in [4.78, 5) is 23.7. The van der Waals surface area contributed by atoms with E-state index in [1.54, 1.807) is 36.7 Å². The highest BCUT2D eigenvalue weighted by Gasteiger charge is 2.24. The van der Waals surface area contributed by atoms with Crippen molar-refractivity contribution >= 4 is 21.6 Å². The van der Waals surface area contributed by atoms with E-state index in [1.807, 2.05) is 34.8 Å². The van der Waals surface area contributed by atoms with Crippen LogP contribution in [0.15, 0.2) is 59.9 Å². The highest BCUT2D eigenvalue weighted by Crippen LogP contribution is 2.21. The number of amides is 1. The average Bonchev–Trinajstić information content (AvgIpc) is 3.23. The van der Waals surface area contributed by atoms with Crippen molar-refractivity contribution < 1.29 is 13.2 Å². The molecule has 1 amide bonds. The Hall–Kier alpha value is -3.20. The molecule has 1 aromatic carbocycles. The minimum absolute atomic E-state index is 0.0925. The number of aromatic nitrogens is 3. The number of nitrogens with zero attached hydrogens (tertiary/aromatic N) is 4. The molecule has 0 atom stereocenters. The minimum atomic E-state index is -3.22. The van der Waals surface area contributed by atoms with E-state index in [4.69, 9.17) is 0 Å². The van der Waals surface area contributed by atoms with Gasteiger partial charge in [0.1, 0.15) is 11.5 Å². The number of hydrogen-bond acceptors (Lipinski definition) is 6. The van der Waals surface area contributed by atoms with Gasteiger partial charge in [0.05, 0.1) is 23.0 Å². The number of benzene rings is 1. The molecule has 168 valence electrons. The number of rotatable bonds is 6. The number of hydrogen-bond donors (Lipinski definition) is 1. The van der Waals surface area contributed by atoms with E-state index >= 15 is 0 Å². The van der Waals surface area contributed by atoms with Crippen LogP contribution in [0.25, 0.3) is 11.3 Å². The van der Waals surface area contributed by atoms with Crippen LogP contribution in [-0.2, 0) is 16.9 Å². The van der Waals surface area contributed by atoms with Crippen LogP contribution in [0, 0.1) is 5.92 Å². The van der Waals surface area contributed by atoms with Gasteiger partial charge in [0.2, 0.25) is 0 Å². The molecule has 2 aromatic heterocycles. The monoisotopic (exact) mass is 453 g/mol. The zero-order valence-electron chi connectivity index (χ0n) is 18.2. The molecule has 0 bridgehead atoms. The fourth-order valence-corrected chi connectivity index (χ4v) is 4.51. The summed E-state index contributed by atoms with van der Waals surface area (Å²) in [5.74, 6) is 1.26. The summed E-state index contributed by atoms with van der Waals surface area (Å²) < 4.78 is 25.0. The Labute approximate surface area is 188 Å². The van der Waals surface area contributed by atoms with Crippen molar-refractivity contribution in [3.63, 3.8) is 0 Å². The van der Waals surface area contributed by atoms with Crippen LogP contribution in [0.3, 0.4) is 0 Å². The fourth-order valence-electron chi connectivity index (χ4n) is 3.88. The molecule has 0 unspecified atom stereocenters. The smallest absolute Gasteiger partial charge is 0.270 e. The van der Waals surface area contributed by atoms with Crippen LogP contribution in [0.4, 0.5) is 5.82 Å². The van der Waals surface area contributed by atoms with Gasteiger partial charge in [-0.1, -0.05) is 12.1 Å². The number of carbonyl (C=O) groups excluding carboxylic acids is 1. The van der Waals surface area contributed by atoms with E-state index in [0.717, 1.165) is 43.7 Å². The highest BCUT2D eigenvalue weighted by molar-refractivity contribution is 7.90. The molecule has 9 heteroatoms. The molecule has 32 heavy (non-hydrogen) atoms. The largest absolute Gasteiger partial charge is 0.369 e. The second-order valence-corrected chi connectivity index (χ2v) is 10.2. The summed E-state index contributed by atoms with van der Waals surface area (Å²) in [6.07, 6.45) is 8.34. The number of carbonyl (C=O) groups is 1. The number of sulfone groups is 1. The maximum Gasteiger partial charge on any atom is 0.270 e. The van der Waals surface area contributed by atoms with Crippen molar-refractivity contribution in [3.05, 3.63) is 60.7 Å². The predicted molar refractivity (Wildman–Crippen MR) is 123 cm³/mol. The highest BCUT2D eigenvalue weighted by atomic mass is 32.2. The van der Waals surface area contributed by atoms with Crippen LogP contribution in [0.2, 0.25) is 0 Å². The van der Waals surface area contributed by atoms with Gasteiger partial charge < -0.3 is 14.8 Å². The molecular weight excluding hydrogens is 426 g/mol. The standard InChI is InChI=1S/C23H27N5O3S/c1-27-11-3-4-21(27)23(29)28-12-9-17(10-13-28)14-25-22-16-24-20(15-26-22)18-5-7-19(8-6-18)32(2,30)31/h3-8,11,15-17H,9-10,12-14H2,1-2H3,(H,25,26). The van der Waals surface area contributed by atoms with Crippen molar-refractivity contribution in [2.45, 2.75) is 17.7 Å². The quantitative estimate of drug-likeness (QED) is 0.616. The summed E-state index contributed by atoms with van der Waals surface area (Å²) >= 11 is 0. The molecule has 3 aromatic rings. The summed E-state index contributed by atoms with van der Waals surface area (Å²) in [7, 11) is -1.33. The van der Waals surface area contributed by atoms with E-state index in [1.165, 1.54) is 6.26 Å². The van der Waals surface area contributed by atoms with Crippen molar-refractivity contribution in [2.75, 3.05) is 31.2 Å². The lowest BCUT2D eigenvalue weighted by molar-refractivity contribution is 0.0685. The lowest BCUT2D eigenvalue weighted by Gasteiger charge is -2.32. The van der Waals surface area contributed by atoms with Crippen LogP contribution < -0.4 is 5.32 Å². The zero-order chi connectivity index (χ0) is 22.7. The number of piperidine rings is 1. The van der Waals surface area contributed by atoms with Crippen molar-refractivity contribution in [3.8, 4) is 11.3 Å². The van der Waals surface area contributed by atoms with E-state index in [9.17, 15) is 13.2 Å². The molecule has 0 saturated carbocycles. The van der Waals surface area contributed by atoms with E-state index < -0.39 is 9.84 Å². The topological polar surface area (TPSA) is 97.2 Å². The Kier molecular flexibility index (Phi) is 6.27. The van der Waals surface area contributed by atoms with E-state index in [0.29, 0.717) is 17.4 Å². The first-order valence-corrected chi connectivity index (χ1v) is 12.5. The first-order valence-electron chi connectivity index (χ1n) is 10.6. The van der Waals surface area contributed by atoms with Crippen LogP contribution in [-0.4, -0.2) is 59.6 Å². The van der Waals surface area contributed by atoms with Gasteiger partial charge in [-0.25, -0.2) is 13.4 Å². The molecule has 1 aliphatic heterocycles. The number of anilines is 1. The molecule has 1 aliphatic rings. The minimum Gasteiger partial charge on any atom is -0.369 e. The van der Waals surface area contributed by atoms with Gasteiger partial charge in [0.15, 0.2) is 9.84 Å². The molecule has 0 spiro atoms. The second kappa shape index (κ2) is 9.12. The number of aryl methyl sites for hydroxylation is 1. The summed E-state index contributed by atoms with van der Waals surface area (Å²) in [5.41, 5.74) is 2.22. The molecule has 1 N–H and O–H groups in total. The normalized spacial score (nSPS) is 15.0. The number of nitrogens with one attached hydrogen (secondary N) is 1. The van der Waals surface area contributed by atoms with Gasteiger partial charge in [-0.2, -0.15) is 0 Å². The zero-order valence-corrected chi connectivity index (χ0v) is 19.0. The van der Waals surface area contributed by atoms with Crippen molar-refractivity contribution in [1.82, 2.24) is 19.4 Å². The van der Waals surface area contributed by atoms with Crippen molar-refractivity contribution in [1.29, 1.82) is 0 Å². The molecule has 8 nitrogen and oxygen atoms in total. The molecule has 0 radical (unpaired) electrons. The number of likely N-dealkylation sites (tertiary alicyclic amines) is 1. The lowest BCUT2D eigenvalue weighted by Crippen LogP contribution is -2.40. The molecule has 3 heterocycles. The molecular formula is C23H27N5O3S. The average molecular weight is 454 g/mol. The second-order valence-electron chi connectivity index (χ2n) is 8.20. The first kappa shape index (κ1) is 22.0. The van der Waals surface area contributed by atoms with Crippen molar-refractivity contribution in [2.24, 2.45) is 13.0 Å². The molecule has 1 saturated heterocycles. The van der Waals surface area contributed by atoms with Crippen LogP contribution >= 0.6 is 0 Å². The van der Waals surface area contributed by atoms with Gasteiger partial charge in [-0.3, -0.25) is 9.78 Å². The van der Waals surface area contributed by atoms with E-state index in [-0.39, 0.29) is 10.8 Å². The molecule has 1 fully saturated rings. The van der Waals surface area contributed by atoms with Gasteiger partial charge in [0, 0.05) is 44.7 Å². The third-order valence-electron chi connectivity index (χ3n) is 5.87. The summed E-state index contributed by atoms with van der Waals surface area (Å²) in [6.45, 7) is 2.29. The maximum absolute atomic E-state index is 12.6. The lowest BCUT2D eigenvalue weighted by atomic mass is 9.96. The SMILES string of the molecule is Cn1cccc1C(=O)N1CCC(CNc2cnc(-c3ccc(S(C)(=O)=O)cc3)cn2)CC1. The van der Waals surface area contributed by atoms with Crippen LogP contribution in [0.1, 0.15) is 23.3 Å². The Morgan fingerprint density at radius 2 is 1.81 bits per heavy atom. The van der Waals surface area contributed by atoms with E-state index in [2.05, 4.69) is 15.3 Å². The van der Waals surface area contributed by atoms with Gasteiger partial charge in [0.25, 0.3) is 5.91 Å². The summed E-state index contributed by atoms with van der Waals surface area (Å²) in [5, 5.41) is 3.34. The maximum atomic E-state index is 12.6. The van der Waals surface area contributed by atoms with Gasteiger partial charge in [-0.15, -0.1) is 0 Å². The van der Waals surface area contributed by atoms with Gasteiger partial charge >= 0.3 is 0 Å². The summed E-state index contributed by atoms with van der Waals surface area (Å²) in [6, 6.07) is 10.4.